The van der Waals surface area contributed by atoms with Gasteiger partial charge in [-0.15, -0.1) is 0 Å². The summed E-state index contributed by atoms with van der Waals surface area (Å²) in [5.41, 5.74) is 1.16. The molecular formula is C16H19N3O. The number of nitrogens with zero attached hydrogens (tertiary/aromatic N) is 2. The van der Waals surface area contributed by atoms with Crippen molar-refractivity contribution in [1.29, 1.82) is 10.5 Å². The number of hydrogen-bond donors (Lipinski definition) is 1. The van der Waals surface area contributed by atoms with Gasteiger partial charge >= 0.3 is 0 Å². The van der Waals surface area contributed by atoms with Gasteiger partial charge in [0.15, 0.2) is 6.61 Å². The van der Waals surface area contributed by atoms with Crippen molar-refractivity contribution < 1.29 is 4.74 Å². The third-order valence-electron chi connectivity index (χ3n) is 3.83. The van der Waals surface area contributed by atoms with Crippen molar-refractivity contribution in [2.75, 3.05) is 6.61 Å². The summed E-state index contributed by atoms with van der Waals surface area (Å²) in [5, 5.41) is 21.1. The Kier molecular flexibility index (Phi) is 4.98. The van der Waals surface area contributed by atoms with Crippen LogP contribution in [-0.4, -0.2) is 12.6 Å². The SMILES string of the molecule is CC(NC1CCCC1C#N)c1ccc(OCC#N)cc1. The van der Waals surface area contributed by atoms with Gasteiger partial charge in [-0.05, 0) is 37.5 Å². The molecule has 1 aromatic rings. The number of nitriles is 2. The maximum Gasteiger partial charge on any atom is 0.174 e. The van der Waals surface area contributed by atoms with Gasteiger partial charge < -0.3 is 10.1 Å². The van der Waals surface area contributed by atoms with Gasteiger partial charge in [-0.2, -0.15) is 10.5 Å². The van der Waals surface area contributed by atoms with Crippen molar-refractivity contribution in [1.82, 2.24) is 5.32 Å². The van der Waals surface area contributed by atoms with Crippen molar-refractivity contribution in [3.8, 4) is 17.9 Å². The second-order valence-electron chi connectivity index (χ2n) is 5.18. The highest BCUT2D eigenvalue weighted by Crippen LogP contribution is 2.27. The van der Waals surface area contributed by atoms with E-state index >= 15 is 0 Å². The van der Waals surface area contributed by atoms with Gasteiger partial charge in [-0.1, -0.05) is 18.6 Å². The van der Waals surface area contributed by atoms with E-state index in [0.29, 0.717) is 11.8 Å². The lowest BCUT2D eigenvalue weighted by Gasteiger charge is -2.22. The minimum Gasteiger partial charge on any atom is -0.479 e. The van der Waals surface area contributed by atoms with E-state index in [0.717, 1.165) is 24.8 Å². The van der Waals surface area contributed by atoms with Gasteiger partial charge in [0, 0.05) is 12.1 Å². The van der Waals surface area contributed by atoms with Gasteiger partial charge in [0.2, 0.25) is 0 Å². The molecule has 1 aliphatic rings. The van der Waals surface area contributed by atoms with Crippen LogP contribution >= 0.6 is 0 Å². The van der Waals surface area contributed by atoms with Crippen LogP contribution in [0.1, 0.15) is 37.8 Å². The van der Waals surface area contributed by atoms with Gasteiger partial charge in [-0.25, -0.2) is 0 Å². The molecule has 0 spiro atoms. The number of hydrogen-bond acceptors (Lipinski definition) is 4. The Hall–Kier alpha value is -2.04. The largest absolute Gasteiger partial charge is 0.479 e. The molecule has 3 atom stereocenters. The average molecular weight is 269 g/mol. The summed E-state index contributed by atoms with van der Waals surface area (Å²) >= 11 is 0. The standard InChI is InChI=1S/C16H19N3O/c1-12(19-16-4-2-3-14(16)11-18)13-5-7-15(8-6-13)20-10-9-17/h5-8,12,14,16,19H,2-4,10H2,1H3. The molecule has 4 heteroatoms. The van der Waals surface area contributed by atoms with E-state index in [1.807, 2.05) is 30.3 Å². The van der Waals surface area contributed by atoms with E-state index < -0.39 is 0 Å². The zero-order valence-corrected chi connectivity index (χ0v) is 11.7. The molecule has 20 heavy (non-hydrogen) atoms. The Balaban J connectivity index is 1.94. The van der Waals surface area contributed by atoms with Crippen LogP contribution in [0.25, 0.3) is 0 Å². The normalized spacial score (nSPS) is 22.8. The molecule has 1 aromatic carbocycles. The number of ether oxygens (including phenoxy) is 1. The lowest BCUT2D eigenvalue weighted by molar-refractivity contribution is 0.367. The Labute approximate surface area is 120 Å². The molecule has 4 nitrogen and oxygen atoms in total. The van der Waals surface area contributed by atoms with Gasteiger partial charge in [-0.3, -0.25) is 0 Å². The van der Waals surface area contributed by atoms with E-state index in [4.69, 9.17) is 15.3 Å². The maximum atomic E-state index is 9.11. The van der Waals surface area contributed by atoms with Crippen LogP contribution in [0, 0.1) is 28.6 Å². The highest BCUT2D eigenvalue weighted by Gasteiger charge is 2.28. The van der Waals surface area contributed by atoms with E-state index in [2.05, 4.69) is 18.3 Å². The molecule has 0 aliphatic heterocycles. The Bertz CT molecular complexity index is 512. The molecule has 0 heterocycles. The Morgan fingerprint density at radius 2 is 2.05 bits per heavy atom. The summed E-state index contributed by atoms with van der Waals surface area (Å²) in [6.45, 7) is 2.18. The summed E-state index contributed by atoms with van der Waals surface area (Å²) in [5.74, 6) is 0.842. The van der Waals surface area contributed by atoms with Crippen LogP contribution in [0.15, 0.2) is 24.3 Å². The third kappa shape index (κ3) is 3.50. The molecule has 0 aromatic heterocycles. The Morgan fingerprint density at radius 3 is 2.70 bits per heavy atom. The van der Waals surface area contributed by atoms with Gasteiger partial charge in [0.05, 0.1) is 12.0 Å². The minimum atomic E-state index is 0.0685. The minimum absolute atomic E-state index is 0.0685. The van der Waals surface area contributed by atoms with E-state index in [-0.39, 0.29) is 18.6 Å². The van der Waals surface area contributed by atoms with Crippen LogP contribution in [-0.2, 0) is 0 Å². The van der Waals surface area contributed by atoms with Crippen molar-refractivity contribution in [3.05, 3.63) is 29.8 Å². The fourth-order valence-electron chi connectivity index (χ4n) is 2.70. The van der Waals surface area contributed by atoms with Crippen LogP contribution in [0.5, 0.6) is 5.75 Å². The monoisotopic (exact) mass is 269 g/mol. The summed E-state index contributed by atoms with van der Waals surface area (Å²) in [7, 11) is 0. The van der Waals surface area contributed by atoms with Gasteiger partial charge in [0.1, 0.15) is 11.8 Å². The van der Waals surface area contributed by atoms with Crippen molar-refractivity contribution >= 4 is 0 Å². The van der Waals surface area contributed by atoms with Crippen molar-refractivity contribution in [3.63, 3.8) is 0 Å². The molecule has 104 valence electrons. The average Bonchev–Trinajstić information content (AvgIpc) is 2.92. The molecule has 0 amide bonds. The first-order valence-corrected chi connectivity index (χ1v) is 7.00. The second-order valence-corrected chi connectivity index (χ2v) is 5.18. The lowest BCUT2D eigenvalue weighted by Crippen LogP contribution is -2.33. The van der Waals surface area contributed by atoms with E-state index in [1.54, 1.807) is 0 Å². The zero-order chi connectivity index (χ0) is 14.4. The summed E-state index contributed by atoms with van der Waals surface area (Å²) in [6, 6.07) is 12.6. The summed E-state index contributed by atoms with van der Waals surface area (Å²) < 4.78 is 5.23. The predicted octanol–water partition coefficient (Wildman–Crippen LogP) is 2.93. The van der Waals surface area contributed by atoms with Crippen LogP contribution in [0.4, 0.5) is 0 Å². The zero-order valence-electron chi connectivity index (χ0n) is 11.7. The molecule has 2 rings (SSSR count). The fraction of sp³-hybridized carbons (Fsp3) is 0.500. The summed E-state index contributed by atoms with van der Waals surface area (Å²) in [4.78, 5) is 0. The smallest absolute Gasteiger partial charge is 0.174 e. The van der Waals surface area contributed by atoms with Crippen molar-refractivity contribution in [2.24, 2.45) is 5.92 Å². The molecule has 1 saturated carbocycles. The highest BCUT2D eigenvalue weighted by atomic mass is 16.5. The molecular weight excluding hydrogens is 250 g/mol. The third-order valence-corrected chi connectivity index (χ3v) is 3.83. The highest BCUT2D eigenvalue weighted by molar-refractivity contribution is 5.29. The first-order chi connectivity index (χ1) is 9.74. The number of benzene rings is 1. The molecule has 0 bridgehead atoms. The van der Waals surface area contributed by atoms with Crippen molar-refractivity contribution in [2.45, 2.75) is 38.3 Å². The molecule has 1 fully saturated rings. The van der Waals surface area contributed by atoms with E-state index in [9.17, 15) is 0 Å². The Morgan fingerprint density at radius 1 is 1.30 bits per heavy atom. The molecule has 0 radical (unpaired) electrons. The van der Waals surface area contributed by atoms with Crippen LogP contribution < -0.4 is 10.1 Å². The topological polar surface area (TPSA) is 68.8 Å². The second kappa shape index (κ2) is 6.93. The first kappa shape index (κ1) is 14.4. The number of rotatable bonds is 5. The van der Waals surface area contributed by atoms with Gasteiger partial charge in [0.25, 0.3) is 0 Å². The fourth-order valence-corrected chi connectivity index (χ4v) is 2.70. The van der Waals surface area contributed by atoms with E-state index in [1.165, 1.54) is 0 Å². The quantitative estimate of drug-likeness (QED) is 0.892. The number of nitrogens with one attached hydrogen (secondary N) is 1. The predicted molar refractivity (Wildman–Crippen MR) is 75.8 cm³/mol. The van der Waals surface area contributed by atoms with Crippen LogP contribution in [0.3, 0.4) is 0 Å². The summed E-state index contributed by atoms with van der Waals surface area (Å²) in [6.07, 6.45) is 3.21. The van der Waals surface area contributed by atoms with Crippen LogP contribution in [0.2, 0.25) is 0 Å². The molecule has 0 saturated heterocycles. The molecule has 1 aliphatic carbocycles. The lowest BCUT2D eigenvalue weighted by atomic mass is 10.0. The first-order valence-electron chi connectivity index (χ1n) is 7.00. The molecule has 3 unspecified atom stereocenters. The molecule has 1 N–H and O–H groups in total. The maximum absolute atomic E-state index is 9.11.